The second-order valence-corrected chi connectivity index (χ2v) is 7.69. The molecular formula is C16H13FIN3O3S. The first-order valence-corrected chi connectivity index (χ1v) is 9.03. The molecule has 2 aromatic heterocycles. The van der Waals surface area contributed by atoms with Gasteiger partial charge in [0.1, 0.15) is 22.7 Å². The molecule has 0 spiro atoms. The lowest BCUT2D eigenvalue weighted by atomic mass is 10.2. The van der Waals surface area contributed by atoms with Crippen molar-refractivity contribution in [2.24, 2.45) is 7.05 Å². The minimum atomic E-state index is -0.627. The number of nitrogens with one attached hydrogen (secondary N) is 1. The van der Waals surface area contributed by atoms with Crippen molar-refractivity contribution in [3.63, 3.8) is 0 Å². The molecule has 0 radical (unpaired) electrons. The van der Waals surface area contributed by atoms with Crippen molar-refractivity contribution in [3.8, 4) is 0 Å². The number of anilines is 2. The summed E-state index contributed by atoms with van der Waals surface area (Å²) in [6.45, 7) is 1.75. The molecular weight excluding hydrogens is 460 g/mol. The molecule has 0 aliphatic heterocycles. The molecule has 0 aliphatic rings. The number of fused-ring (bicyclic) bond motifs is 1. The van der Waals surface area contributed by atoms with Gasteiger partial charge in [-0.3, -0.25) is 9.36 Å². The van der Waals surface area contributed by atoms with Crippen LogP contribution < -0.4 is 10.9 Å². The minimum Gasteiger partial charge on any atom is -0.465 e. The molecule has 0 amide bonds. The van der Waals surface area contributed by atoms with Crippen LogP contribution in [0.5, 0.6) is 0 Å². The Hall–Kier alpha value is -2.01. The number of carbonyl (C=O) groups is 1. The maximum absolute atomic E-state index is 14.2. The van der Waals surface area contributed by atoms with Gasteiger partial charge in [-0.25, -0.2) is 14.2 Å². The Morgan fingerprint density at radius 2 is 2.16 bits per heavy atom. The lowest BCUT2D eigenvalue weighted by Gasteiger charge is -2.16. The fourth-order valence-electron chi connectivity index (χ4n) is 2.43. The van der Waals surface area contributed by atoms with E-state index in [0.29, 0.717) is 9.71 Å². The molecule has 6 nitrogen and oxygen atoms in total. The predicted molar refractivity (Wildman–Crippen MR) is 103 cm³/mol. The van der Waals surface area contributed by atoms with Gasteiger partial charge in [-0.15, -0.1) is 11.3 Å². The molecule has 1 aromatic carbocycles. The molecule has 9 heteroatoms. The quantitative estimate of drug-likeness (QED) is 0.465. The van der Waals surface area contributed by atoms with Crippen LogP contribution in [0.4, 0.5) is 15.9 Å². The molecule has 0 saturated carbocycles. The third kappa shape index (κ3) is 3.13. The first-order valence-electron chi connectivity index (χ1n) is 7.14. The summed E-state index contributed by atoms with van der Waals surface area (Å²) in [6, 6.07) is 4.62. The number of nitrogens with zero attached hydrogens (tertiary/aromatic N) is 2. The van der Waals surface area contributed by atoms with Gasteiger partial charge in [0, 0.05) is 10.6 Å². The van der Waals surface area contributed by atoms with Gasteiger partial charge in [0.15, 0.2) is 0 Å². The molecule has 25 heavy (non-hydrogen) atoms. The number of aryl methyl sites for hydroxylation is 1. The number of esters is 1. The third-order valence-electron chi connectivity index (χ3n) is 3.61. The number of ether oxygens (including phenoxy) is 1. The highest BCUT2D eigenvalue weighted by atomic mass is 127. The third-order valence-corrected chi connectivity index (χ3v) is 5.27. The number of pyridine rings is 1. The lowest BCUT2D eigenvalue weighted by molar-refractivity contribution is 0.0603. The van der Waals surface area contributed by atoms with Gasteiger partial charge < -0.3 is 10.1 Å². The smallest absolute Gasteiger partial charge is 0.343 e. The molecule has 3 aromatic rings. The van der Waals surface area contributed by atoms with E-state index < -0.39 is 11.8 Å². The Balaban J connectivity index is 2.31. The van der Waals surface area contributed by atoms with E-state index in [2.05, 4.69) is 10.3 Å². The molecule has 1 N–H and O–H groups in total. The summed E-state index contributed by atoms with van der Waals surface area (Å²) in [5.41, 5.74) is 0.128. The predicted octanol–water partition coefficient (Wildman–Crippen LogP) is 3.58. The Morgan fingerprint density at radius 1 is 1.44 bits per heavy atom. The Bertz CT molecular complexity index is 1060. The monoisotopic (exact) mass is 473 g/mol. The zero-order valence-corrected chi connectivity index (χ0v) is 16.5. The molecule has 0 unspecified atom stereocenters. The maximum Gasteiger partial charge on any atom is 0.343 e. The molecule has 0 bridgehead atoms. The number of methoxy groups -OCH3 is 1. The van der Waals surface area contributed by atoms with Gasteiger partial charge in [0.2, 0.25) is 0 Å². The van der Waals surface area contributed by atoms with E-state index in [1.807, 2.05) is 22.6 Å². The van der Waals surface area contributed by atoms with Crippen LogP contribution >= 0.6 is 33.9 Å². The summed E-state index contributed by atoms with van der Waals surface area (Å²) in [5.74, 6) is -0.957. The van der Waals surface area contributed by atoms with Crippen LogP contribution in [0.1, 0.15) is 15.4 Å². The molecule has 0 saturated heterocycles. The molecule has 0 fully saturated rings. The second kappa shape index (κ2) is 6.71. The van der Waals surface area contributed by atoms with Crippen molar-refractivity contribution >= 4 is 61.6 Å². The SMILES string of the molecule is COC(=O)c1c(Nc2ccc(I)cc2F)n(C)c(=O)c2nc(C)sc12. The highest BCUT2D eigenvalue weighted by Gasteiger charge is 2.24. The number of benzene rings is 1. The van der Waals surface area contributed by atoms with E-state index in [1.165, 1.54) is 36.1 Å². The Kier molecular flexibility index (Phi) is 4.78. The second-order valence-electron chi connectivity index (χ2n) is 5.24. The largest absolute Gasteiger partial charge is 0.465 e. The number of hydrogen-bond donors (Lipinski definition) is 1. The van der Waals surface area contributed by atoms with Gasteiger partial charge >= 0.3 is 5.97 Å². The Labute approximate surface area is 159 Å². The van der Waals surface area contributed by atoms with E-state index in [9.17, 15) is 14.0 Å². The zero-order chi connectivity index (χ0) is 18.3. The molecule has 2 heterocycles. The van der Waals surface area contributed by atoms with Crippen molar-refractivity contribution in [2.75, 3.05) is 12.4 Å². The molecule has 0 atom stereocenters. The van der Waals surface area contributed by atoms with Crippen molar-refractivity contribution in [1.82, 2.24) is 9.55 Å². The first-order chi connectivity index (χ1) is 11.8. The fourth-order valence-corrected chi connectivity index (χ4v) is 3.83. The van der Waals surface area contributed by atoms with E-state index in [4.69, 9.17) is 4.74 Å². The average Bonchev–Trinajstić information content (AvgIpc) is 2.95. The van der Waals surface area contributed by atoms with Crippen LogP contribution in [0.3, 0.4) is 0 Å². The van der Waals surface area contributed by atoms with Crippen LogP contribution in [0.15, 0.2) is 23.0 Å². The van der Waals surface area contributed by atoms with E-state index >= 15 is 0 Å². The van der Waals surface area contributed by atoms with E-state index in [1.54, 1.807) is 19.1 Å². The number of hydrogen-bond acceptors (Lipinski definition) is 6. The summed E-state index contributed by atoms with van der Waals surface area (Å²) in [7, 11) is 2.75. The van der Waals surface area contributed by atoms with Gasteiger partial charge in [0.25, 0.3) is 5.56 Å². The Morgan fingerprint density at radius 3 is 2.80 bits per heavy atom. The van der Waals surface area contributed by atoms with Gasteiger partial charge in [0.05, 0.1) is 22.5 Å². The first kappa shape index (κ1) is 17.8. The van der Waals surface area contributed by atoms with Crippen molar-refractivity contribution < 1.29 is 13.9 Å². The number of rotatable bonds is 3. The number of aromatic nitrogens is 2. The highest BCUT2D eigenvalue weighted by molar-refractivity contribution is 14.1. The topological polar surface area (TPSA) is 73.2 Å². The van der Waals surface area contributed by atoms with E-state index in [0.717, 1.165) is 3.57 Å². The zero-order valence-electron chi connectivity index (χ0n) is 13.5. The normalized spacial score (nSPS) is 10.9. The lowest BCUT2D eigenvalue weighted by Crippen LogP contribution is -2.23. The van der Waals surface area contributed by atoms with Crippen LogP contribution in [0.2, 0.25) is 0 Å². The van der Waals surface area contributed by atoms with Crippen molar-refractivity contribution in [3.05, 3.63) is 48.5 Å². The standard InChI is InChI=1S/C16H13FIN3O3S/c1-7-19-12-13(25-7)11(16(23)24-3)14(21(2)15(12)22)20-10-5-4-8(18)6-9(10)17/h4-6,20H,1-3H3. The maximum atomic E-state index is 14.2. The van der Waals surface area contributed by atoms with E-state index in [-0.39, 0.29) is 28.1 Å². The summed E-state index contributed by atoms with van der Waals surface area (Å²) >= 11 is 3.22. The summed E-state index contributed by atoms with van der Waals surface area (Å²) in [5, 5.41) is 3.50. The van der Waals surface area contributed by atoms with Crippen LogP contribution in [0, 0.1) is 16.3 Å². The number of thiazole rings is 1. The average molecular weight is 473 g/mol. The molecule has 0 aliphatic carbocycles. The van der Waals surface area contributed by atoms with Crippen LogP contribution in [-0.2, 0) is 11.8 Å². The summed E-state index contributed by atoms with van der Waals surface area (Å²) in [4.78, 5) is 29.1. The van der Waals surface area contributed by atoms with Gasteiger partial charge in [-0.2, -0.15) is 0 Å². The van der Waals surface area contributed by atoms with Gasteiger partial charge in [-0.05, 0) is 47.7 Å². The molecule has 130 valence electrons. The van der Waals surface area contributed by atoms with Crippen molar-refractivity contribution in [2.45, 2.75) is 6.92 Å². The number of carbonyl (C=O) groups excluding carboxylic acids is 1. The van der Waals surface area contributed by atoms with Gasteiger partial charge in [-0.1, -0.05) is 0 Å². The number of halogens is 2. The summed E-state index contributed by atoms with van der Waals surface area (Å²) < 4.78 is 21.5. The van der Waals surface area contributed by atoms with Crippen LogP contribution in [0.25, 0.3) is 10.2 Å². The van der Waals surface area contributed by atoms with Crippen molar-refractivity contribution in [1.29, 1.82) is 0 Å². The minimum absolute atomic E-state index is 0.154. The molecule has 3 rings (SSSR count). The summed E-state index contributed by atoms with van der Waals surface area (Å²) in [6.07, 6.45) is 0. The van der Waals surface area contributed by atoms with Crippen LogP contribution in [-0.4, -0.2) is 22.6 Å². The highest BCUT2D eigenvalue weighted by Crippen LogP contribution is 2.31. The fraction of sp³-hybridized carbons (Fsp3) is 0.188.